The topological polar surface area (TPSA) is 67.1 Å². The normalized spacial score (nSPS) is 12.6. The molecule has 2 rings (SSSR count). The number of aliphatic imine (C=N–C) groups is 1. The van der Waals surface area contributed by atoms with Crippen LogP contribution in [-0.4, -0.2) is 40.4 Å². The molecule has 146 valence electrons. The summed E-state index contributed by atoms with van der Waals surface area (Å²) < 4.78 is 1.95. The number of nitrogens with zero attached hydrogens (tertiary/aromatic N) is 4. The van der Waals surface area contributed by atoms with E-state index in [0.29, 0.717) is 0 Å². The fraction of sp³-hybridized carbons (Fsp3) is 0.611. The first kappa shape index (κ1) is 22.9. The molecule has 2 aromatic rings. The molecule has 2 aromatic heterocycles. The van der Waals surface area contributed by atoms with Crippen LogP contribution in [0, 0.1) is 13.8 Å². The minimum Gasteiger partial charge on any atom is -0.356 e. The van der Waals surface area contributed by atoms with Crippen molar-refractivity contribution in [1.82, 2.24) is 25.4 Å². The van der Waals surface area contributed by atoms with E-state index in [-0.39, 0.29) is 30.0 Å². The molecule has 0 aliphatic heterocycles. The summed E-state index contributed by atoms with van der Waals surface area (Å²) in [6, 6.07) is 0.277. The molecule has 0 bridgehead atoms. The monoisotopic (exact) mass is 490 g/mol. The van der Waals surface area contributed by atoms with Crippen molar-refractivity contribution in [3.05, 3.63) is 33.0 Å². The summed E-state index contributed by atoms with van der Waals surface area (Å²) in [4.78, 5) is 8.93. The highest BCUT2D eigenvalue weighted by Crippen LogP contribution is 2.14. The molecule has 0 amide bonds. The van der Waals surface area contributed by atoms with Gasteiger partial charge >= 0.3 is 0 Å². The van der Waals surface area contributed by atoms with Gasteiger partial charge in [0.2, 0.25) is 0 Å². The number of hydrogen-bond donors (Lipinski definition) is 2. The number of rotatable bonds is 7. The molecule has 2 heterocycles. The maximum atomic E-state index is 4.60. The molecule has 0 saturated carbocycles. The van der Waals surface area contributed by atoms with Crippen molar-refractivity contribution in [2.45, 2.75) is 53.0 Å². The van der Waals surface area contributed by atoms with Crippen molar-refractivity contribution in [2.24, 2.45) is 12.0 Å². The molecule has 1 unspecified atom stereocenters. The first-order valence-corrected chi connectivity index (χ1v) is 9.72. The quantitative estimate of drug-likeness (QED) is 0.356. The summed E-state index contributed by atoms with van der Waals surface area (Å²) in [5.41, 5.74) is 4.79. The van der Waals surface area contributed by atoms with E-state index in [2.05, 4.69) is 58.8 Å². The Balaban J connectivity index is 0.00000338. The molecule has 0 aliphatic rings. The van der Waals surface area contributed by atoms with Crippen LogP contribution in [0.1, 0.15) is 41.5 Å². The third-order valence-electron chi connectivity index (χ3n) is 4.35. The summed E-state index contributed by atoms with van der Waals surface area (Å²) >= 11 is 1.74. The molecule has 0 fully saturated rings. The van der Waals surface area contributed by atoms with Gasteiger partial charge in [-0.1, -0.05) is 6.92 Å². The van der Waals surface area contributed by atoms with Crippen molar-refractivity contribution in [3.8, 4) is 0 Å². The second kappa shape index (κ2) is 10.9. The summed E-state index contributed by atoms with van der Waals surface area (Å²) in [5, 5.41) is 14.7. The van der Waals surface area contributed by atoms with Gasteiger partial charge in [0.05, 0.1) is 16.4 Å². The average Bonchev–Trinajstić information content (AvgIpc) is 3.14. The first-order chi connectivity index (χ1) is 11.9. The van der Waals surface area contributed by atoms with Crippen molar-refractivity contribution >= 4 is 41.3 Å². The molecule has 0 saturated heterocycles. The number of hydrogen-bond acceptors (Lipinski definition) is 4. The van der Waals surface area contributed by atoms with E-state index in [1.807, 2.05) is 11.7 Å². The third kappa shape index (κ3) is 6.22. The predicted octanol–water partition coefficient (Wildman–Crippen LogP) is 3.01. The second-order valence-corrected chi connectivity index (χ2v) is 7.30. The molecule has 0 spiro atoms. The fourth-order valence-electron chi connectivity index (χ4n) is 2.83. The molecular formula is C18H31IN6S. The standard InChI is InChI=1S/C18H30N6S.HI/c1-7-17-22-15(11-25-17)8-9-20-18(19-5)21-12(2)10-16-13(3)23-24(6)14(16)4;/h11-12H,7-10H2,1-6H3,(H2,19,20,21);1H. The van der Waals surface area contributed by atoms with Gasteiger partial charge in [-0.15, -0.1) is 35.3 Å². The van der Waals surface area contributed by atoms with Gasteiger partial charge in [0.1, 0.15) is 0 Å². The van der Waals surface area contributed by atoms with Gasteiger partial charge in [0.25, 0.3) is 0 Å². The predicted molar refractivity (Wildman–Crippen MR) is 121 cm³/mol. The van der Waals surface area contributed by atoms with Crippen molar-refractivity contribution < 1.29 is 0 Å². The zero-order valence-corrected chi connectivity index (χ0v) is 19.7. The minimum atomic E-state index is 0. The molecule has 1 atom stereocenters. The number of nitrogens with one attached hydrogen (secondary N) is 2. The average molecular weight is 490 g/mol. The lowest BCUT2D eigenvalue weighted by Crippen LogP contribution is -2.43. The van der Waals surface area contributed by atoms with Crippen LogP contribution >= 0.6 is 35.3 Å². The van der Waals surface area contributed by atoms with E-state index in [1.165, 1.54) is 16.3 Å². The Bertz CT molecular complexity index is 721. The zero-order valence-electron chi connectivity index (χ0n) is 16.6. The maximum absolute atomic E-state index is 4.60. The molecule has 0 aliphatic carbocycles. The second-order valence-electron chi connectivity index (χ2n) is 6.36. The number of thiazole rings is 1. The van der Waals surface area contributed by atoms with Crippen molar-refractivity contribution in [2.75, 3.05) is 13.6 Å². The Hall–Kier alpha value is -1.16. The van der Waals surface area contributed by atoms with E-state index in [0.717, 1.165) is 43.2 Å². The van der Waals surface area contributed by atoms with Gasteiger partial charge in [-0.3, -0.25) is 9.67 Å². The SMILES string of the molecule is CCc1nc(CCNC(=NC)NC(C)Cc2c(C)nn(C)c2C)cs1.I. The van der Waals surface area contributed by atoms with Gasteiger partial charge < -0.3 is 10.6 Å². The lowest BCUT2D eigenvalue weighted by atomic mass is 10.1. The lowest BCUT2D eigenvalue weighted by Gasteiger charge is -2.18. The van der Waals surface area contributed by atoms with E-state index in [4.69, 9.17) is 0 Å². The number of aryl methyl sites for hydroxylation is 3. The largest absolute Gasteiger partial charge is 0.356 e. The van der Waals surface area contributed by atoms with Crippen LogP contribution < -0.4 is 10.6 Å². The van der Waals surface area contributed by atoms with Crippen LogP contribution in [0.25, 0.3) is 0 Å². The summed E-state index contributed by atoms with van der Waals surface area (Å²) in [5.74, 6) is 0.831. The summed E-state index contributed by atoms with van der Waals surface area (Å²) in [6.45, 7) is 9.32. The molecular weight excluding hydrogens is 459 g/mol. The van der Waals surface area contributed by atoms with Gasteiger partial charge in [-0.25, -0.2) is 4.98 Å². The first-order valence-electron chi connectivity index (χ1n) is 8.84. The van der Waals surface area contributed by atoms with E-state index < -0.39 is 0 Å². The highest BCUT2D eigenvalue weighted by Gasteiger charge is 2.14. The molecule has 0 aromatic carbocycles. The van der Waals surface area contributed by atoms with Gasteiger partial charge in [0.15, 0.2) is 5.96 Å². The molecule has 26 heavy (non-hydrogen) atoms. The molecule has 8 heteroatoms. The Morgan fingerprint density at radius 1 is 1.38 bits per heavy atom. The zero-order chi connectivity index (χ0) is 18.4. The smallest absolute Gasteiger partial charge is 0.191 e. The number of halogens is 1. The maximum Gasteiger partial charge on any atom is 0.191 e. The highest BCUT2D eigenvalue weighted by atomic mass is 127. The third-order valence-corrected chi connectivity index (χ3v) is 5.39. The Morgan fingerprint density at radius 2 is 2.12 bits per heavy atom. The number of guanidine groups is 1. The fourth-order valence-corrected chi connectivity index (χ4v) is 3.61. The Labute approximate surface area is 177 Å². The van der Waals surface area contributed by atoms with Crippen LogP contribution in [0.3, 0.4) is 0 Å². The van der Waals surface area contributed by atoms with Crippen LogP contribution in [0.5, 0.6) is 0 Å². The van der Waals surface area contributed by atoms with Gasteiger partial charge in [-0.05, 0) is 39.2 Å². The summed E-state index contributed by atoms with van der Waals surface area (Å²) in [7, 11) is 3.80. The van der Waals surface area contributed by atoms with E-state index in [9.17, 15) is 0 Å². The van der Waals surface area contributed by atoms with Crippen LogP contribution in [0.15, 0.2) is 10.4 Å². The van der Waals surface area contributed by atoms with Gasteiger partial charge in [-0.2, -0.15) is 5.10 Å². The number of aromatic nitrogens is 3. The van der Waals surface area contributed by atoms with Crippen LogP contribution in [-0.2, 0) is 26.3 Å². The lowest BCUT2D eigenvalue weighted by molar-refractivity contribution is 0.634. The highest BCUT2D eigenvalue weighted by molar-refractivity contribution is 14.0. The minimum absolute atomic E-state index is 0. The Morgan fingerprint density at radius 3 is 2.65 bits per heavy atom. The molecule has 2 N–H and O–H groups in total. The van der Waals surface area contributed by atoms with Crippen molar-refractivity contribution in [1.29, 1.82) is 0 Å². The van der Waals surface area contributed by atoms with E-state index >= 15 is 0 Å². The van der Waals surface area contributed by atoms with E-state index in [1.54, 1.807) is 18.4 Å². The molecule has 6 nitrogen and oxygen atoms in total. The molecule has 0 radical (unpaired) electrons. The van der Waals surface area contributed by atoms with Crippen LogP contribution in [0.2, 0.25) is 0 Å². The van der Waals surface area contributed by atoms with Gasteiger partial charge in [0, 0.05) is 44.2 Å². The summed E-state index contributed by atoms with van der Waals surface area (Å²) in [6.07, 6.45) is 2.84. The van der Waals surface area contributed by atoms with Crippen molar-refractivity contribution in [3.63, 3.8) is 0 Å². The Kier molecular flexibility index (Phi) is 9.56. The van der Waals surface area contributed by atoms with Crippen LogP contribution in [0.4, 0.5) is 0 Å².